The quantitative estimate of drug-likeness (QED) is 0.389. The molecule has 1 aliphatic heterocycles. The normalized spacial score (nSPS) is 18.1. The van der Waals surface area contributed by atoms with E-state index in [1.165, 1.54) is 44.4 Å². The number of alkyl halides is 3. The molecular weight excluding hydrogens is 522 g/mol. The minimum Gasteiger partial charge on any atom is -0.496 e. The van der Waals surface area contributed by atoms with Crippen LogP contribution >= 0.6 is 0 Å². The second-order valence-corrected chi connectivity index (χ2v) is 9.45. The summed E-state index contributed by atoms with van der Waals surface area (Å²) in [5.41, 5.74) is 0.0237. The lowest BCUT2D eigenvalue weighted by atomic mass is 9.81. The van der Waals surface area contributed by atoms with Crippen LogP contribution in [0.25, 0.3) is 11.3 Å². The average molecular weight is 548 g/mol. The first-order chi connectivity index (χ1) is 18.2. The largest absolute Gasteiger partial charge is 0.496 e. The van der Waals surface area contributed by atoms with Gasteiger partial charge in [-0.15, -0.1) is 0 Å². The maximum absolute atomic E-state index is 14.5. The molecule has 0 aliphatic carbocycles. The Morgan fingerprint density at radius 1 is 1.18 bits per heavy atom. The molecule has 39 heavy (non-hydrogen) atoms. The third-order valence-electron chi connectivity index (χ3n) is 6.79. The fraction of sp³-hybridized carbons (Fsp3) is 0.296. The summed E-state index contributed by atoms with van der Waals surface area (Å²) in [5, 5.41) is 13.2. The number of methoxy groups -OCH3 is 1. The van der Waals surface area contributed by atoms with Gasteiger partial charge in [0.15, 0.2) is 0 Å². The summed E-state index contributed by atoms with van der Waals surface area (Å²) in [5.74, 6) is -1.89. The highest BCUT2D eigenvalue weighted by Crippen LogP contribution is 2.47. The van der Waals surface area contributed by atoms with Crippen LogP contribution in [-0.4, -0.2) is 48.3 Å². The zero-order valence-electron chi connectivity index (χ0n) is 21.1. The summed E-state index contributed by atoms with van der Waals surface area (Å²) in [4.78, 5) is 29.1. The zero-order valence-corrected chi connectivity index (χ0v) is 21.1. The van der Waals surface area contributed by atoms with Crippen LogP contribution < -0.4 is 20.5 Å². The Labute approximate surface area is 220 Å². The van der Waals surface area contributed by atoms with Crippen LogP contribution in [0.3, 0.4) is 0 Å². The Morgan fingerprint density at radius 2 is 1.85 bits per heavy atom. The standard InChI is InChI=1S/C27H25F4N3O5/c1-14-10-16(6-9-19(14)38-3)23(35)33-12-26(37,27(29,30)31)20-11-18-22(39-13-25(18,2)24(32)36)21(34-20)15-4-7-17(28)8-5-15/h4-11,37H,12-13H2,1-3H3,(H2,32,36)(H,33,35)/t25-,26?/m0/s1. The number of carbonyl (C=O) groups excluding carboxylic acids is 2. The van der Waals surface area contributed by atoms with Crippen LogP contribution in [0, 0.1) is 12.7 Å². The van der Waals surface area contributed by atoms with Gasteiger partial charge in [0.25, 0.3) is 5.91 Å². The summed E-state index contributed by atoms with van der Waals surface area (Å²) in [6, 6.07) is 9.87. The molecule has 3 aromatic rings. The molecule has 12 heteroatoms. The molecule has 2 atom stereocenters. The third kappa shape index (κ3) is 4.87. The highest BCUT2D eigenvalue weighted by atomic mass is 19.4. The van der Waals surface area contributed by atoms with Crippen LogP contribution in [0.1, 0.15) is 34.1 Å². The summed E-state index contributed by atoms with van der Waals surface area (Å²) in [6.45, 7) is 1.46. The van der Waals surface area contributed by atoms with Gasteiger partial charge in [-0.05, 0) is 67.9 Å². The van der Waals surface area contributed by atoms with Crippen LogP contribution in [0.2, 0.25) is 0 Å². The number of aliphatic hydroxyl groups is 1. The number of carbonyl (C=O) groups is 2. The number of primary amides is 1. The lowest BCUT2D eigenvalue weighted by Gasteiger charge is -2.31. The number of halogens is 4. The lowest BCUT2D eigenvalue weighted by Crippen LogP contribution is -2.51. The molecule has 1 aliphatic rings. The number of nitrogens with one attached hydrogen (secondary N) is 1. The van der Waals surface area contributed by atoms with Crippen molar-refractivity contribution in [3.05, 3.63) is 76.7 Å². The molecule has 0 saturated heterocycles. The van der Waals surface area contributed by atoms with Crippen molar-refractivity contribution >= 4 is 11.8 Å². The van der Waals surface area contributed by atoms with Crippen molar-refractivity contribution in [2.75, 3.05) is 20.3 Å². The number of nitrogens with zero attached hydrogens (tertiary/aromatic N) is 1. The number of fused-ring (bicyclic) bond motifs is 1. The minimum absolute atomic E-state index is 0.0195. The fourth-order valence-electron chi connectivity index (χ4n) is 4.27. The average Bonchev–Trinajstić information content (AvgIpc) is 3.24. The van der Waals surface area contributed by atoms with Gasteiger partial charge >= 0.3 is 6.18 Å². The first kappa shape index (κ1) is 27.8. The molecule has 4 N–H and O–H groups in total. The van der Waals surface area contributed by atoms with E-state index in [9.17, 15) is 32.3 Å². The number of hydrogen-bond acceptors (Lipinski definition) is 6. The first-order valence-electron chi connectivity index (χ1n) is 11.7. The summed E-state index contributed by atoms with van der Waals surface area (Å²) < 4.78 is 67.7. The topological polar surface area (TPSA) is 124 Å². The van der Waals surface area contributed by atoms with E-state index in [0.29, 0.717) is 11.3 Å². The van der Waals surface area contributed by atoms with Gasteiger partial charge in [-0.3, -0.25) is 9.59 Å². The summed E-state index contributed by atoms with van der Waals surface area (Å²) in [6.07, 6.45) is -5.32. The molecule has 4 rings (SSSR count). The Morgan fingerprint density at radius 3 is 2.41 bits per heavy atom. The van der Waals surface area contributed by atoms with Gasteiger partial charge in [0.2, 0.25) is 11.5 Å². The lowest BCUT2D eigenvalue weighted by molar-refractivity contribution is -0.265. The number of pyridine rings is 1. The molecule has 1 unspecified atom stereocenters. The van der Waals surface area contributed by atoms with E-state index >= 15 is 0 Å². The minimum atomic E-state index is -5.32. The smallest absolute Gasteiger partial charge is 0.424 e. The van der Waals surface area contributed by atoms with E-state index in [0.717, 1.165) is 18.2 Å². The number of aromatic nitrogens is 1. The van der Waals surface area contributed by atoms with Gasteiger partial charge < -0.3 is 25.6 Å². The van der Waals surface area contributed by atoms with E-state index in [2.05, 4.69) is 10.3 Å². The SMILES string of the molecule is COc1ccc(C(=O)NCC(O)(c2cc3c(c(-c4ccc(F)cc4)n2)OC[C@]3(C)C(N)=O)C(F)(F)F)cc1C. The van der Waals surface area contributed by atoms with Crippen molar-refractivity contribution in [1.29, 1.82) is 0 Å². The van der Waals surface area contributed by atoms with Crippen LogP contribution in [0.15, 0.2) is 48.5 Å². The van der Waals surface area contributed by atoms with Crippen LogP contribution in [0.4, 0.5) is 17.6 Å². The molecule has 0 saturated carbocycles. The number of ether oxygens (including phenoxy) is 2. The predicted octanol–water partition coefficient (Wildman–Crippen LogP) is 3.52. The van der Waals surface area contributed by atoms with Gasteiger partial charge in [-0.25, -0.2) is 9.37 Å². The van der Waals surface area contributed by atoms with Gasteiger partial charge in [0.05, 0.1) is 19.3 Å². The van der Waals surface area contributed by atoms with Gasteiger partial charge in [-0.1, -0.05) is 0 Å². The van der Waals surface area contributed by atoms with E-state index in [4.69, 9.17) is 15.2 Å². The van der Waals surface area contributed by atoms with E-state index in [1.807, 2.05) is 0 Å². The number of hydrogen-bond donors (Lipinski definition) is 3. The maximum Gasteiger partial charge on any atom is 0.424 e. The molecular formula is C27H25F4N3O5. The third-order valence-corrected chi connectivity index (χ3v) is 6.79. The molecule has 1 aromatic heterocycles. The van der Waals surface area contributed by atoms with Crippen LogP contribution in [-0.2, 0) is 15.8 Å². The molecule has 2 aromatic carbocycles. The fourth-order valence-corrected chi connectivity index (χ4v) is 4.27. The Balaban J connectivity index is 1.81. The molecule has 2 heterocycles. The Hall–Kier alpha value is -4.19. The second kappa shape index (κ2) is 9.84. The Bertz CT molecular complexity index is 1440. The summed E-state index contributed by atoms with van der Waals surface area (Å²) >= 11 is 0. The van der Waals surface area contributed by atoms with Crippen molar-refractivity contribution in [3.63, 3.8) is 0 Å². The Kier molecular flexibility index (Phi) is 7.02. The molecule has 0 fully saturated rings. The van der Waals surface area contributed by atoms with E-state index in [-0.39, 0.29) is 34.7 Å². The number of nitrogens with two attached hydrogens (primary N) is 1. The van der Waals surface area contributed by atoms with Gasteiger partial charge in [0.1, 0.15) is 35.0 Å². The zero-order chi connectivity index (χ0) is 28.8. The number of aryl methyl sites for hydroxylation is 1. The van der Waals surface area contributed by atoms with Gasteiger partial charge in [0, 0.05) is 16.7 Å². The first-order valence-corrected chi connectivity index (χ1v) is 11.7. The van der Waals surface area contributed by atoms with Crippen molar-refractivity contribution in [1.82, 2.24) is 10.3 Å². The van der Waals surface area contributed by atoms with E-state index < -0.39 is 47.1 Å². The van der Waals surface area contributed by atoms with Crippen LogP contribution in [0.5, 0.6) is 11.5 Å². The maximum atomic E-state index is 14.5. The van der Waals surface area contributed by atoms with Crippen molar-refractivity contribution in [3.8, 4) is 22.8 Å². The predicted molar refractivity (Wildman–Crippen MR) is 132 cm³/mol. The molecule has 0 spiro atoms. The summed E-state index contributed by atoms with van der Waals surface area (Å²) in [7, 11) is 1.43. The number of amides is 2. The number of rotatable bonds is 7. The second-order valence-electron chi connectivity index (χ2n) is 9.45. The molecule has 2 amide bonds. The van der Waals surface area contributed by atoms with Gasteiger partial charge in [-0.2, -0.15) is 13.2 Å². The van der Waals surface area contributed by atoms with Crippen molar-refractivity contribution < 1.29 is 41.7 Å². The molecule has 0 bridgehead atoms. The monoisotopic (exact) mass is 547 g/mol. The van der Waals surface area contributed by atoms with Crippen molar-refractivity contribution in [2.45, 2.75) is 31.0 Å². The highest BCUT2D eigenvalue weighted by Gasteiger charge is 2.57. The van der Waals surface area contributed by atoms with Crippen molar-refractivity contribution in [2.24, 2.45) is 5.73 Å². The number of benzene rings is 2. The van der Waals surface area contributed by atoms with E-state index in [1.54, 1.807) is 6.92 Å². The highest BCUT2D eigenvalue weighted by molar-refractivity contribution is 5.94. The molecule has 0 radical (unpaired) electrons. The molecule has 206 valence electrons. The molecule has 8 nitrogen and oxygen atoms in total.